The van der Waals surface area contributed by atoms with Gasteiger partial charge in [-0.2, -0.15) is 5.26 Å². The van der Waals surface area contributed by atoms with Crippen LogP contribution in [0.2, 0.25) is 0 Å². The van der Waals surface area contributed by atoms with E-state index in [1.165, 1.54) is 0 Å². The van der Waals surface area contributed by atoms with Gasteiger partial charge in [0.25, 0.3) is 0 Å². The molecule has 0 atom stereocenters. The molecule has 4 rings (SSSR count). The number of amides is 1. The number of carbonyl (C=O) groups is 1. The van der Waals surface area contributed by atoms with Gasteiger partial charge in [-0.3, -0.25) is 9.20 Å². The molecule has 2 aromatic heterocycles. The molecule has 5 heteroatoms. The molecule has 0 fully saturated rings. The van der Waals surface area contributed by atoms with Crippen molar-refractivity contribution in [2.75, 3.05) is 11.4 Å². The van der Waals surface area contributed by atoms with Crippen molar-refractivity contribution in [2.45, 2.75) is 13.3 Å². The summed E-state index contributed by atoms with van der Waals surface area (Å²) >= 11 is 0. The van der Waals surface area contributed by atoms with Crippen LogP contribution in [0.1, 0.15) is 18.2 Å². The number of fused-ring (bicyclic) bond motifs is 2. The maximum Gasteiger partial charge on any atom is 0.223 e. The predicted octanol–water partition coefficient (Wildman–Crippen LogP) is 2.78. The molecular weight excluding hydrogens is 288 g/mol. The quantitative estimate of drug-likeness (QED) is 0.694. The Morgan fingerprint density at radius 1 is 1.30 bits per heavy atom. The molecule has 1 aliphatic heterocycles. The SMILES string of the molecule is CC(=O)N1CCc2ccc(-c3nc4ccccn4c3C#N)cc21. The van der Waals surface area contributed by atoms with Gasteiger partial charge in [-0.05, 0) is 30.2 Å². The molecular formula is C18H14N4O. The van der Waals surface area contributed by atoms with Gasteiger partial charge in [0.1, 0.15) is 17.4 Å². The smallest absolute Gasteiger partial charge is 0.223 e. The van der Waals surface area contributed by atoms with Gasteiger partial charge in [0.05, 0.1) is 0 Å². The van der Waals surface area contributed by atoms with E-state index in [-0.39, 0.29) is 5.91 Å². The Hall–Kier alpha value is -3.13. The largest absolute Gasteiger partial charge is 0.312 e. The monoisotopic (exact) mass is 302 g/mol. The lowest BCUT2D eigenvalue weighted by molar-refractivity contribution is -0.116. The zero-order valence-electron chi connectivity index (χ0n) is 12.7. The number of pyridine rings is 1. The highest BCUT2D eigenvalue weighted by Crippen LogP contribution is 2.33. The summed E-state index contributed by atoms with van der Waals surface area (Å²) in [4.78, 5) is 18.1. The highest BCUT2D eigenvalue weighted by Gasteiger charge is 2.23. The first kappa shape index (κ1) is 13.5. The van der Waals surface area contributed by atoms with Gasteiger partial charge in [0.2, 0.25) is 5.91 Å². The average molecular weight is 302 g/mol. The summed E-state index contributed by atoms with van der Waals surface area (Å²) in [7, 11) is 0. The second-order valence-corrected chi connectivity index (χ2v) is 5.61. The molecule has 0 radical (unpaired) electrons. The molecule has 0 aliphatic carbocycles. The molecule has 5 nitrogen and oxygen atoms in total. The van der Waals surface area contributed by atoms with Crippen LogP contribution in [-0.2, 0) is 11.2 Å². The van der Waals surface area contributed by atoms with E-state index in [0.29, 0.717) is 17.9 Å². The Morgan fingerprint density at radius 2 is 2.17 bits per heavy atom. The van der Waals surface area contributed by atoms with Crippen LogP contribution in [0.15, 0.2) is 42.6 Å². The van der Waals surface area contributed by atoms with Crippen LogP contribution in [0.5, 0.6) is 0 Å². The molecule has 1 aromatic carbocycles. The van der Waals surface area contributed by atoms with Crippen molar-refractivity contribution in [3.05, 3.63) is 53.9 Å². The first-order valence-corrected chi connectivity index (χ1v) is 7.47. The Morgan fingerprint density at radius 3 is 2.96 bits per heavy atom. The summed E-state index contributed by atoms with van der Waals surface area (Å²) in [5.41, 5.74) is 4.84. The molecule has 3 heterocycles. The highest BCUT2D eigenvalue weighted by molar-refractivity contribution is 5.94. The fourth-order valence-electron chi connectivity index (χ4n) is 3.16. The number of benzene rings is 1. The molecule has 112 valence electrons. The van der Waals surface area contributed by atoms with Gasteiger partial charge in [-0.1, -0.05) is 18.2 Å². The second kappa shape index (κ2) is 4.96. The van der Waals surface area contributed by atoms with Crippen molar-refractivity contribution in [3.63, 3.8) is 0 Å². The summed E-state index contributed by atoms with van der Waals surface area (Å²) in [5, 5.41) is 9.52. The van der Waals surface area contributed by atoms with Crippen molar-refractivity contribution >= 4 is 17.2 Å². The number of aromatic nitrogens is 2. The fourth-order valence-corrected chi connectivity index (χ4v) is 3.16. The van der Waals surface area contributed by atoms with E-state index in [1.54, 1.807) is 16.2 Å². The first-order chi connectivity index (χ1) is 11.2. The average Bonchev–Trinajstić information content (AvgIpc) is 3.15. The number of hydrogen-bond donors (Lipinski definition) is 0. The number of nitrogens with zero attached hydrogens (tertiary/aromatic N) is 4. The minimum Gasteiger partial charge on any atom is -0.312 e. The molecule has 23 heavy (non-hydrogen) atoms. The molecule has 3 aromatic rings. The van der Waals surface area contributed by atoms with E-state index in [1.807, 2.05) is 42.6 Å². The van der Waals surface area contributed by atoms with Gasteiger partial charge >= 0.3 is 0 Å². The number of imidazole rings is 1. The molecule has 0 unspecified atom stereocenters. The van der Waals surface area contributed by atoms with Crippen molar-refractivity contribution in [1.29, 1.82) is 5.26 Å². The van der Waals surface area contributed by atoms with Crippen LogP contribution in [0.3, 0.4) is 0 Å². The van der Waals surface area contributed by atoms with Gasteiger partial charge in [-0.25, -0.2) is 4.98 Å². The number of nitriles is 1. The van der Waals surface area contributed by atoms with Gasteiger partial charge in [0.15, 0.2) is 5.69 Å². The van der Waals surface area contributed by atoms with Crippen molar-refractivity contribution in [3.8, 4) is 17.3 Å². The van der Waals surface area contributed by atoms with E-state index < -0.39 is 0 Å². The third-order valence-electron chi connectivity index (χ3n) is 4.27. The lowest BCUT2D eigenvalue weighted by Gasteiger charge is -2.15. The van der Waals surface area contributed by atoms with E-state index in [2.05, 4.69) is 11.1 Å². The lowest BCUT2D eigenvalue weighted by atomic mass is 10.1. The van der Waals surface area contributed by atoms with Crippen molar-refractivity contribution in [2.24, 2.45) is 0 Å². The van der Waals surface area contributed by atoms with Crippen LogP contribution in [0.25, 0.3) is 16.9 Å². The Balaban J connectivity index is 1.91. The van der Waals surface area contributed by atoms with Crippen LogP contribution >= 0.6 is 0 Å². The lowest BCUT2D eigenvalue weighted by Crippen LogP contribution is -2.25. The van der Waals surface area contributed by atoms with E-state index in [9.17, 15) is 10.1 Å². The molecule has 0 N–H and O–H groups in total. The van der Waals surface area contributed by atoms with Gasteiger partial charge < -0.3 is 4.90 Å². The zero-order valence-corrected chi connectivity index (χ0v) is 12.7. The normalized spacial score (nSPS) is 13.1. The number of hydrogen-bond acceptors (Lipinski definition) is 3. The van der Waals surface area contributed by atoms with Crippen LogP contribution in [0.4, 0.5) is 5.69 Å². The molecule has 0 saturated heterocycles. The number of rotatable bonds is 1. The molecule has 1 aliphatic rings. The standard InChI is InChI=1S/C18H14N4O/c1-12(23)21-9-7-13-5-6-14(10-15(13)21)18-16(11-19)22-8-3-2-4-17(22)20-18/h2-6,8,10H,7,9H2,1H3. The third kappa shape index (κ3) is 2.00. The number of anilines is 1. The summed E-state index contributed by atoms with van der Waals surface area (Å²) < 4.78 is 1.78. The molecule has 0 saturated carbocycles. The minimum absolute atomic E-state index is 0.0383. The van der Waals surface area contributed by atoms with Crippen LogP contribution in [-0.4, -0.2) is 21.8 Å². The molecule has 0 bridgehead atoms. The summed E-state index contributed by atoms with van der Waals surface area (Å²) in [6.07, 6.45) is 2.70. The second-order valence-electron chi connectivity index (χ2n) is 5.61. The third-order valence-corrected chi connectivity index (χ3v) is 4.27. The fraction of sp³-hybridized carbons (Fsp3) is 0.167. The molecule has 0 spiro atoms. The maximum absolute atomic E-state index is 11.8. The zero-order chi connectivity index (χ0) is 16.0. The Bertz CT molecular complexity index is 980. The van der Waals surface area contributed by atoms with Crippen molar-refractivity contribution < 1.29 is 4.79 Å². The topological polar surface area (TPSA) is 61.4 Å². The van der Waals surface area contributed by atoms with E-state index >= 15 is 0 Å². The molecule has 1 amide bonds. The number of carbonyl (C=O) groups excluding carboxylic acids is 1. The predicted molar refractivity (Wildman–Crippen MR) is 87.1 cm³/mol. The Kier molecular flexibility index (Phi) is 2.91. The summed E-state index contributed by atoms with van der Waals surface area (Å²) in [6, 6.07) is 13.9. The highest BCUT2D eigenvalue weighted by atomic mass is 16.2. The van der Waals surface area contributed by atoms with E-state index in [4.69, 9.17) is 0 Å². The summed E-state index contributed by atoms with van der Waals surface area (Å²) in [5.74, 6) is 0.0383. The first-order valence-electron chi connectivity index (χ1n) is 7.47. The van der Waals surface area contributed by atoms with Crippen molar-refractivity contribution in [1.82, 2.24) is 9.38 Å². The Labute approximate surface area is 133 Å². The minimum atomic E-state index is 0.0383. The van der Waals surface area contributed by atoms with Crippen LogP contribution < -0.4 is 4.90 Å². The van der Waals surface area contributed by atoms with Crippen LogP contribution in [0, 0.1) is 11.3 Å². The van der Waals surface area contributed by atoms with E-state index in [0.717, 1.165) is 28.9 Å². The van der Waals surface area contributed by atoms with Gasteiger partial charge in [-0.15, -0.1) is 0 Å². The maximum atomic E-state index is 11.8. The summed E-state index contributed by atoms with van der Waals surface area (Å²) in [6.45, 7) is 2.29. The van der Waals surface area contributed by atoms with Gasteiger partial charge in [0, 0.05) is 30.9 Å².